The Morgan fingerprint density at radius 1 is 1.15 bits per heavy atom. The fourth-order valence-electron chi connectivity index (χ4n) is 4.79. The van der Waals surface area contributed by atoms with E-state index >= 15 is 0 Å². The van der Waals surface area contributed by atoms with Gasteiger partial charge in [0.05, 0.1) is 34.4 Å². The topological polar surface area (TPSA) is 108 Å². The molecule has 5 rings (SSSR count). The molecule has 0 bridgehead atoms. The number of sulfonamides is 1. The van der Waals surface area contributed by atoms with E-state index in [9.17, 15) is 8.42 Å². The maximum Gasteiger partial charge on any atom is 0.243 e. The summed E-state index contributed by atoms with van der Waals surface area (Å²) in [6.45, 7) is 4.99. The number of fused-ring (bicyclic) bond motifs is 1. The molecule has 0 radical (unpaired) electrons. The number of nitriles is 1. The molecule has 168 valence electrons. The molecule has 1 saturated heterocycles. The summed E-state index contributed by atoms with van der Waals surface area (Å²) >= 11 is 0. The summed E-state index contributed by atoms with van der Waals surface area (Å²) in [6.07, 6.45) is 6.23. The van der Waals surface area contributed by atoms with Crippen LogP contribution in [0, 0.1) is 17.2 Å². The Bertz CT molecular complexity index is 1450. The van der Waals surface area contributed by atoms with E-state index in [1.165, 1.54) is 12.1 Å². The Labute approximate surface area is 192 Å². The maximum atomic E-state index is 13.4. The summed E-state index contributed by atoms with van der Waals surface area (Å²) in [6, 6.07) is 14.3. The molecular formula is C24H24N6O2S. The van der Waals surface area contributed by atoms with Gasteiger partial charge in [0.25, 0.3) is 0 Å². The van der Waals surface area contributed by atoms with Gasteiger partial charge in [0.2, 0.25) is 10.0 Å². The minimum absolute atomic E-state index is 0.129. The smallest absolute Gasteiger partial charge is 0.243 e. The SMILES string of the molecule is CC1(C)CC(Cn2ncc3cc(-c4cn[nH]c4)ccc32)CN1S(=O)(=O)c1ccc(C#N)cc1. The fourth-order valence-corrected chi connectivity index (χ4v) is 6.66. The Morgan fingerprint density at radius 2 is 1.94 bits per heavy atom. The molecule has 1 aliphatic rings. The Morgan fingerprint density at radius 3 is 2.64 bits per heavy atom. The molecule has 1 N–H and O–H groups in total. The van der Waals surface area contributed by atoms with E-state index in [4.69, 9.17) is 5.26 Å². The fraction of sp³-hybridized carbons (Fsp3) is 0.292. The Balaban J connectivity index is 1.38. The van der Waals surface area contributed by atoms with Gasteiger partial charge in [0, 0.05) is 35.8 Å². The molecule has 9 heteroatoms. The van der Waals surface area contributed by atoms with E-state index in [1.54, 1.807) is 22.6 Å². The first-order valence-corrected chi connectivity index (χ1v) is 12.2. The second-order valence-corrected chi connectivity index (χ2v) is 11.0. The third-order valence-electron chi connectivity index (χ3n) is 6.36. The number of rotatable bonds is 5. The zero-order chi connectivity index (χ0) is 23.2. The molecule has 1 fully saturated rings. The highest BCUT2D eigenvalue weighted by molar-refractivity contribution is 7.89. The first kappa shape index (κ1) is 21.4. The Hall–Kier alpha value is -3.48. The second-order valence-electron chi connectivity index (χ2n) is 9.14. The number of nitrogens with one attached hydrogen (secondary N) is 1. The molecule has 1 aliphatic heterocycles. The molecule has 1 unspecified atom stereocenters. The van der Waals surface area contributed by atoms with Crippen molar-refractivity contribution in [3.05, 3.63) is 66.6 Å². The molecule has 0 amide bonds. The van der Waals surface area contributed by atoms with Crippen molar-refractivity contribution in [3.63, 3.8) is 0 Å². The van der Waals surface area contributed by atoms with Crippen molar-refractivity contribution in [2.75, 3.05) is 6.54 Å². The van der Waals surface area contributed by atoms with Crippen LogP contribution in [0.1, 0.15) is 25.8 Å². The summed E-state index contributed by atoms with van der Waals surface area (Å²) in [5, 5.41) is 21.5. The van der Waals surface area contributed by atoms with Crippen molar-refractivity contribution in [3.8, 4) is 17.2 Å². The van der Waals surface area contributed by atoms with Gasteiger partial charge in [0.15, 0.2) is 0 Å². The standard InChI is InChI=1S/C24H24N6O2S/c1-24(2)10-18(16-30(24)33(31,32)22-6-3-17(11-25)4-7-22)15-29-23-8-5-19(9-20(23)14-28-29)21-12-26-27-13-21/h3-9,12-14,18H,10,15-16H2,1-2H3,(H,26,27). The molecule has 2 aromatic carbocycles. The minimum Gasteiger partial charge on any atom is -0.285 e. The number of benzene rings is 2. The molecule has 3 heterocycles. The molecule has 8 nitrogen and oxygen atoms in total. The predicted molar refractivity (Wildman–Crippen MR) is 125 cm³/mol. The lowest BCUT2D eigenvalue weighted by molar-refractivity contribution is 0.291. The van der Waals surface area contributed by atoms with Crippen molar-refractivity contribution in [2.45, 2.75) is 37.2 Å². The molecule has 4 aromatic rings. The van der Waals surface area contributed by atoms with Gasteiger partial charge in [-0.15, -0.1) is 0 Å². The molecule has 0 saturated carbocycles. The average molecular weight is 461 g/mol. The molecule has 33 heavy (non-hydrogen) atoms. The molecule has 2 aromatic heterocycles. The van der Waals surface area contributed by atoms with Gasteiger partial charge >= 0.3 is 0 Å². The minimum atomic E-state index is -3.67. The quantitative estimate of drug-likeness (QED) is 0.488. The number of hydrogen-bond donors (Lipinski definition) is 1. The molecular weight excluding hydrogens is 436 g/mol. The van der Waals surface area contributed by atoms with E-state index in [0.717, 1.165) is 28.5 Å². The summed E-state index contributed by atoms with van der Waals surface area (Å²) in [5.74, 6) is 0.129. The van der Waals surface area contributed by atoms with Crippen LogP contribution in [-0.4, -0.2) is 44.8 Å². The van der Waals surface area contributed by atoms with Crippen LogP contribution < -0.4 is 0 Å². The third-order valence-corrected chi connectivity index (χ3v) is 8.45. The summed E-state index contributed by atoms with van der Waals surface area (Å²) in [5.41, 5.74) is 3.03. The third kappa shape index (κ3) is 3.81. The van der Waals surface area contributed by atoms with Crippen LogP contribution in [0.25, 0.3) is 22.0 Å². The number of H-pyrrole nitrogens is 1. The second kappa shape index (κ2) is 7.83. The van der Waals surface area contributed by atoms with Crippen LogP contribution in [0.4, 0.5) is 0 Å². The van der Waals surface area contributed by atoms with E-state index in [2.05, 4.69) is 27.4 Å². The molecule has 0 spiro atoms. The molecule has 1 atom stereocenters. The highest BCUT2D eigenvalue weighted by atomic mass is 32.2. The average Bonchev–Trinajstić information content (AvgIpc) is 3.53. The number of hydrogen-bond acceptors (Lipinski definition) is 5. The van der Waals surface area contributed by atoms with Gasteiger partial charge in [-0.1, -0.05) is 6.07 Å². The van der Waals surface area contributed by atoms with Gasteiger partial charge in [0.1, 0.15) is 0 Å². The van der Waals surface area contributed by atoms with Crippen molar-refractivity contribution in [1.29, 1.82) is 5.26 Å². The van der Waals surface area contributed by atoms with Gasteiger partial charge in [-0.2, -0.15) is 19.8 Å². The zero-order valence-electron chi connectivity index (χ0n) is 18.4. The highest BCUT2D eigenvalue weighted by Crippen LogP contribution is 2.38. The van der Waals surface area contributed by atoms with Crippen LogP contribution in [0.5, 0.6) is 0 Å². The van der Waals surface area contributed by atoms with Crippen molar-refractivity contribution in [2.24, 2.45) is 5.92 Å². The van der Waals surface area contributed by atoms with E-state index in [0.29, 0.717) is 18.7 Å². The lowest BCUT2D eigenvalue weighted by Gasteiger charge is -2.30. The monoisotopic (exact) mass is 460 g/mol. The number of aromatic amines is 1. The van der Waals surface area contributed by atoms with E-state index in [-0.39, 0.29) is 10.8 Å². The number of nitrogens with zero attached hydrogens (tertiary/aromatic N) is 5. The largest absolute Gasteiger partial charge is 0.285 e. The van der Waals surface area contributed by atoms with Crippen molar-refractivity contribution < 1.29 is 8.42 Å². The highest BCUT2D eigenvalue weighted by Gasteiger charge is 2.45. The lowest BCUT2D eigenvalue weighted by atomic mass is 9.97. The lowest BCUT2D eigenvalue weighted by Crippen LogP contribution is -2.42. The van der Waals surface area contributed by atoms with Gasteiger partial charge in [-0.05, 0) is 68.1 Å². The van der Waals surface area contributed by atoms with E-state index < -0.39 is 15.6 Å². The predicted octanol–water partition coefficient (Wildman–Crippen LogP) is 3.79. The number of aromatic nitrogens is 4. The maximum absolute atomic E-state index is 13.4. The van der Waals surface area contributed by atoms with Crippen LogP contribution in [0.15, 0.2) is 66.0 Å². The normalized spacial score (nSPS) is 18.5. The first-order chi connectivity index (χ1) is 15.8. The van der Waals surface area contributed by atoms with Crippen LogP contribution in [0.3, 0.4) is 0 Å². The van der Waals surface area contributed by atoms with Gasteiger partial charge in [-0.3, -0.25) is 9.78 Å². The zero-order valence-corrected chi connectivity index (χ0v) is 19.2. The summed E-state index contributed by atoms with van der Waals surface area (Å²) < 4.78 is 30.3. The van der Waals surface area contributed by atoms with Gasteiger partial charge in [-0.25, -0.2) is 8.42 Å². The first-order valence-electron chi connectivity index (χ1n) is 10.8. The van der Waals surface area contributed by atoms with Crippen molar-refractivity contribution >= 4 is 20.9 Å². The summed E-state index contributed by atoms with van der Waals surface area (Å²) in [7, 11) is -3.67. The summed E-state index contributed by atoms with van der Waals surface area (Å²) in [4.78, 5) is 0.214. The van der Waals surface area contributed by atoms with Crippen molar-refractivity contribution in [1.82, 2.24) is 24.3 Å². The van der Waals surface area contributed by atoms with E-state index in [1.807, 2.05) is 43.1 Å². The van der Waals surface area contributed by atoms with Crippen LogP contribution in [-0.2, 0) is 16.6 Å². The van der Waals surface area contributed by atoms with Crippen LogP contribution >= 0.6 is 0 Å². The van der Waals surface area contributed by atoms with Gasteiger partial charge < -0.3 is 0 Å². The Kier molecular flexibility index (Phi) is 5.07. The van der Waals surface area contributed by atoms with Crippen LogP contribution in [0.2, 0.25) is 0 Å². The molecule has 0 aliphatic carbocycles.